The Morgan fingerprint density at radius 1 is 1.12 bits per heavy atom. The van der Waals surface area contributed by atoms with Crippen molar-refractivity contribution in [1.82, 2.24) is 9.38 Å². The van der Waals surface area contributed by atoms with E-state index in [4.69, 9.17) is 4.98 Å². The SMILES string of the molecule is Cc1ccccc1C(=O)Nc1ccccc1SCc1cc(=O)n2c3c(sc2n1)CCCC3. The zero-order valence-electron chi connectivity index (χ0n) is 17.8. The van der Waals surface area contributed by atoms with Crippen LogP contribution < -0.4 is 10.9 Å². The highest BCUT2D eigenvalue weighted by Gasteiger charge is 2.19. The number of carbonyl (C=O) groups is 1. The van der Waals surface area contributed by atoms with Crippen LogP contribution in [0.3, 0.4) is 0 Å². The minimum absolute atomic E-state index is 0.00569. The summed E-state index contributed by atoms with van der Waals surface area (Å²) in [5, 5.41) is 3.03. The van der Waals surface area contributed by atoms with Gasteiger partial charge in [-0.15, -0.1) is 23.1 Å². The van der Waals surface area contributed by atoms with Crippen molar-refractivity contribution in [2.45, 2.75) is 43.3 Å². The summed E-state index contributed by atoms with van der Waals surface area (Å²) in [6.45, 7) is 1.93. The number of hydrogen-bond acceptors (Lipinski definition) is 5. The number of thiazole rings is 1. The Morgan fingerprint density at radius 2 is 1.91 bits per heavy atom. The second-order valence-corrected chi connectivity index (χ2v) is 10.0. The van der Waals surface area contributed by atoms with E-state index in [1.807, 2.05) is 55.5 Å². The van der Waals surface area contributed by atoms with Gasteiger partial charge in [0.05, 0.1) is 11.4 Å². The monoisotopic (exact) mass is 461 g/mol. The number of benzene rings is 2. The molecule has 0 aliphatic heterocycles. The molecule has 0 bridgehead atoms. The Balaban J connectivity index is 1.37. The molecule has 0 radical (unpaired) electrons. The summed E-state index contributed by atoms with van der Waals surface area (Å²) < 4.78 is 1.80. The van der Waals surface area contributed by atoms with Crippen molar-refractivity contribution in [3.8, 4) is 0 Å². The lowest BCUT2D eigenvalue weighted by molar-refractivity contribution is 0.102. The number of para-hydroxylation sites is 1. The Hall–Kier alpha value is -2.90. The summed E-state index contributed by atoms with van der Waals surface area (Å²) in [7, 11) is 0. The molecule has 1 aliphatic rings. The van der Waals surface area contributed by atoms with E-state index in [0.29, 0.717) is 11.3 Å². The molecule has 2 aromatic carbocycles. The van der Waals surface area contributed by atoms with Gasteiger partial charge in [-0.25, -0.2) is 4.98 Å². The topological polar surface area (TPSA) is 63.5 Å². The summed E-state index contributed by atoms with van der Waals surface area (Å²) in [6, 6.07) is 16.9. The number of carbonyl (C=O) groups excluding carboxylic acids is 1. The molecule has 1 amide bonds. The molecule has 162 valence electrons. The van der Waals surface area contributed by atoms with Crippen LogP contribution >= 0.6 is 23.1 Å². The lowest BCUT2D eigenvalue weighted by atomic mass is 10.0. The third kappa shape index (κ3) is 4.10. The van der Waals surface area contributed by atoms with Gasteiger partial charge in [0.15, 0.2) is 4.96 Å². The molecule has 0 spiro atoms. The fraction of sp³-hybridized carbons (Fsp3) is 0.240. The maximum absolute atomic E-state index is 12.8. The van der Waals surface area contributed by atoms with Crippen molar-refractivity contribution in [3.05, 3.63) is 92.3 Å². The fourth-order valence-corrected chi connectivity index (χ4v) is 6.21. The number of hydrogen-bond donors (Lipinski definition) is 1. The van der Waals surface area contributed by atoms with Gasteiger partial charge in [0.1, 0.15) is 0 Å². The number of amides is 1. The average molecular weight is 462 g/mol. The highest BCUT2D eigenvalue weighted by Crippen LogP contribution is 2.31. The predicted molar refractivity (Wildman–Crippen MR) is 131 cm³/mol. The maximum Gasteiger partial charge on any atom is 0.259 e. The zero-order valence-corrected chi connectivity index (χ0v) is 19.4. The van der Waals surface area contributed by atoms with Crippen LogP contribution in [0.5, 0.6) is 0 Å². The van der Waals surface area contributed by atoms with Gasteiger partial charge in [-0.1, -0.05) is 30.3 Å². The third-order valence-electron chi connectivity index (χ3n) is 5.72. The summed E-state index contributed by atoms with van der Waals surface area (Å²) in [6.07, 6.45) is 4.32. The van der Waals surface area contributed by atoms with Crippen LogP contribution in [0.4, 0.5) is 5.69 Å². The smallest absolute Gasteiger partial charge is 0.259 e. The van der Waals surface area contributed by atoms with E-state index in [9.17, 15) is 9.59 Å². The number of aromatic nitrogens is 2. The molecule has 1 N–H and O–H groups in total. The highest BCUT2D eigenvalue weighted by atomic mass is 32.2. The standard InChI is InChI=1S/C25H23N3O2S2/c1-16-8-2-3-9-18(16)24(30)27-19-10-4-6-12-21(19)31-15-17-14-23(29)28-20-11-5-7-13-22(20)32-25(28)26-17/h2-4,6,8-10,12,14H,5,7,11,13,15H2,1H3,(H,27,30). The highest BCUT2D eigenvalue weighted by molar-refractivity contribution is 7.98. The van der Waals surface area contributed by atoms with E-state index in [2.05, 4.69) is 5.32 Å². The van der Waals surface area contributed by atoms with Crippen LogP contribution in [0.25, 0.3) is 4.96 Å². The molecule has 0 atom stereocenters. The van der Waals surface area contributed by atoms with Gasteiger partial charge in [-0.2, -0.15) is 0 Å². The van der Waals surface area contributed by atoms with Gasteiger partial charge in [-0.05, 0) is 56.4 Å². The molecule has 2 aromatic heterocycles. The Morgan fingerprint density at radius 3 is 2.78 bits per heavy atom. The number of thioether (sulfide) groups is 1. The molecule has 7 heteroatoms. The third-order valence-corrected chi connectivity index (χ3v) is 7.96. The van der Waals surface area contributed by atoms with Crippen molar-refractivity contribution in [2.24, 2.45) is 0 Å². The molecule has 4 aromatic rings. The van der Waals surface area contributed by atoms with Crippen LogP contribution in [0.2, 0.25) is 0 Å². The van der Waals surface area contributed by atoms with E-state index in [1.165, 1.54) is 11.3 Å². The molecule has 5 rings (SSSR count). The van der Waals surface area contributed by atoms with E-state index in [-0.39, 0.29) is 11.5 Å². The molecular formula is C25H23N3O2S2. The van der Waals surface area contributed by atoms with Gasteiger partial charge < -0.3 is 5.32 Å². The van der Waals surface area contributed by atoms with Crippen LogP contribution in [-0.4, -0.2) is 15.3 Å². The normalized spacial score (nSPS) is 13.2. The van der Waals surface area contributed by atoms with Gasteiger partial charge in [-0.3, -0.25) is 14.0 Å². The molecule has 0 fully saturated rings. The first-order valence-corrected chi connectivity index (χ1v) is 12.5. The maximum atomic E-state index is 12.8. The molecule has 5 nitrogen and oxygen atoms in total. The Labute approximate surface area is 194 Å². The summed E-state index contributed by atoms with van der Waals surface area (Å²) in [5.74, 6) is 0.434. The molecule has 0 unspecified atom stereocenters. The minimum atomic E-state index is -0.127. The van der Waals surface area contributed by atoms with Crippen molar-refractivity contribution >= 4 is 39.7 Å². The first kappa shape index (κ1) is 21.0. The number of anilines is 1. The van der Waals surface area contributed by atoms with Crippen molar-refractivity contribution < 1.29 is 4.79 Å². The molecular weight excluding hydrogens is 438 g/mol. The average Bonchev–Trinajstić information content (AvgIpc) is 3.17. The Bertz CT molecular complexity index is 1370. The van der Waals surface area contributed by atoms with Gasteiger partial charge >= 0.3 is 0 Å². The number of nitrogens with zero attached hydrogens (tertiary/aromatic N) is 2. The van der Waals surface area contributed by atoms with Crippen molar-refractivity contribution in [3.63, 3.8) is 0 Å². The first-order chi connectivity index (χ1) is 15.6. The zero-order chi connectivity index (χ0) is 22.1. The number of rotatable bonds is 5. The number of nitrogens with one attached hydrogen (secondary N) is 1. The van der Waals surface area contributed by atoms with Crippen LogP contribution in [-0.2, 0) is 18.6 Å². The van der Waals surface area contributed by atoms with E-state index in [0.717, 1.165) is 51.8 Å². The number of fused-ring (bicyclic) bond motifs is 3. The van der Waals surface area contributed by atoms with Gasteiger partial charge in [0, 0.05) is 32.8 Å². The van der Waals surface area contributed by atoms with E-state index >= 15 is 0 Å². The molecule has 0 saturated heterocycles. The van der Waals surface area contributed by atoms with Gasteiger partial charge in [0.2, 0.25) is 0 Å². The molecule has 1 aliphatic carbocycles. The van der Waals surface area contributed by atoms with Crippen molar-refractivity contribution in [1.29, 1.82) is 0 Å². The molecule has 2 heterocycles. The summed E-state index contributed by atoms with van der Waals surface area (Å²) in [5.41, 5.74) is 4.28. The summed E-state index contributed by atoms with van der Waals surface area (Å²) >= 11 is 3.22. The molecule has 32 heavy (non-hydrogen) atoms. The second kappa shape index (κ2) is 8.92. The quantitative estimate of drug-likeness (QED) is 0.399. The lowest BCUT2D eigenvalue weighted by Crippen LogP contribution is -2.17. The minimum Gasteiger partial charge on any atom is -0.321 e. The van der Waals surface area contributed by atoms with Crippen LogP contribution in [0.1, 0.15) is 45.0 Å². The van der Waals surface area contributed by atoms with E-state index < -0.39 is 0 Å². The van der Waals surface area contributed by atoms with Gasteiger partial charge in [0.25, 0.3) is 11.5 Å². The number of aryl methyl sites for hydroxylation is 3. The van der Waals surface area contributed by atoms with Crippen LogP contribution in [0.15, 0.2) is 64.3 Å². The largest absolute Gasteiger partial charge is 0.321 e. The predicted octanol–water partition coefficient (Wildman–Crippen LogP) is 5.49. The first-order valence-electron chi connectivity index (χ1n) is 10.7. The summed E-state index contributed by atoms with van der Waals surface area (Å²) in [4.78, 5) is 33.4. The van der Waals surface area contributed by atoms with E-state index in [1.54, 1.807) is 33.6 Å². The molecule has 0 saturated carbocycles. The lowest BCUT2D eigenvalue weighted by Gasteiger charge is -2.12. The van der Waals surface area contributed by atoms with Crippen molar-refractivity contribution in [2.75, 3.05) is 5.32 Å². The second-order valence-electron chi connectivity index (χ2n) is 7.94. The fourth-order valence-electron chi connectivity index (χ4n) is 4.08. The Kier molecular flexibility index (Phi) is 5.85. The van der Waals surface area contributed by atoms with Crippen LogP contribution in [0, 0.1) is 6.92 Å².